The minimum absolute atomic E-state index is 0.122. The maximum absolute atomic E-state index is 12.6. The van der Waals surface area contributed by atoms with Crippen molar-refractivity contribution >= 4 is 11.6 Å². The number of para-hydroxylation sites is 1. The van der Waals surface area contributed by atoms with Gasteiger partial charge in [-0.2, -0.15) is 0 Å². The summed E-state index contributed by atoms with van der Waals surface area (Å²) in [6, 6.07) is 8.09. The third kappa shape index (κ3) is 4.08. The van der Waals surface area contributed by atoms with Gasteiger partial charge in [0.2, 0.25) is 5.91 Å². The molecule has 4 heteroatoms. The smallest absolute Gasteiger partial charge is 0.243 e. The summed E-state index contributed by atoms with van der Waals surface area (Å²) in [6.45, 7) is 11.3. The summed E-state index contributed by atoms with van der Waals surface area (Å²) in [5, 5.41) is 3.38. The topological polar surface area (TPSA) is 35.6 Å². The first-order valence-electron chi connectivity index (χ1n) is 8.52. The van der Waals surface area contributed by atoms with Crippen molar-refractivity contribution in [2.75, 3.05) is 37.6 Å². The largest absolute Gasteiger partial charge is 0.310 e. The third-order valence-electron chi connectivity index (χ3n) is 4.52. The van der Waals surface area contributed by atoms with Gasteiger partial charge in [-0.15, -0.1) is 0 Å². The quantitative estimate of drug-likeness (QED) is 0.749. The zero-order valence-corrected chi connectivity index (χ0v) is 14.1. The molecule has 0 unspecified atom stereocenters. The zero-order valence-electron chi connectivity index (χ0n) is 14.1. The van der Waals surface area contributed by atoms with E-state index in [2.05, 4.69) is 30.1 Å². The number of fused-ring (bicyclic) bond motifs is 1. The van der Waals surface area contributed by atoms with E-state index in [0.717, 1.165) is 51.3 Å². The fourth-order valence-electron chi connectivity index (χ4n) is 3.05. The van der Waals surface area contributed by atoms with Gasteiger partial charge >= 0.3 is 0 Å². The van der Waals surface area contributed by atoms with Crippen molar-refractivity contribution in [1.82, 2.24) is 10.2 Å². The van der Waals surface area contributed by atoms with Crippen molar-refractivity contribution < 1.29 is 4.79 Å². The Morgan fingerprint density at radius 2 is 2.05 bits per heavy atom. The van der Waals surface area contributed by atoms with Crippen molar-refractivity contribution in [1.29, 1.82) is 0 Å². The number of nitrogens with one attached hydrogen (secondary N) is 1. The molecule has 4 nitrogen and oxygen atoms in total. The van der Waals surface area contributed by atoms with Crippen LogP contribution in [-0.4, -0.2) is 49.6 Å². The van der Waals surface area contributed by atoms with Gasteiger partial charge in [-0.05, 0) is 57.6 Å². The van der Waals surface area contributed by atoms with Crippen LogP contribution in [0.25, 0.3) is 0 Å². The molecule has 122 valence electrons. The first kappa shape index (κ1) is 17.0. The predicted octanol–water partition coefficient (Wildman–Crippen LogP) is 2.29. The highest BCUT2D eigenvalue weighted by Gasteiger charge is 2.27. The molecule has 0 saturated carbocycles. The second-order valence-corrected chi connectivity index (χ2v) is 5.92. The van der Waals surface area contributed by atoms with Gasteiger partial charge in [-0.1, -0.05) is 32.0 Å². The molecule has 22 heavy (non-hydrogen) atoms. The Bertz CT molecular complexity index is 485. The number of benzene rings is 1. The Balaban J connectivity index is 1.79. The Labute approximate surface area is 134 Å². The van der Waals surface area contributed by atoms with E-state index in [1.165, 1.54) is 5.56 Å². The lowest BCUT2D eigenvalue weighted by Crippen LogP contribution is -2.45. The van der Waals surface area contributed by atoms with Gasteiger partial charge in [0, 0.05) is 12.2 Å². The van der Waals surface area contributed by atoms with Gasteiger partial charge in [0.05, 0.1) is 6.04 Å². The van der Waals surface area contributed by atoms with Crippen LogP contribution in [-0.2, 0) is 11.2 Å². The molecule has 1 heterocycles. The minimum Gasteiger partial charge on any atom is -0.310 e. The Hall–Kier alpha value is -1.39. The number of amides is 1. The molecule has 0 aromatic heterocycles. The van der Waals surface area contributed by atoms with Crippen LogP contribution < -0.4 is 10.2 Å². The van der Waals surface area contributed by atoms with Gasteiger partial charge < -0.3 is 15.1 Å². The van der Waals surface area contributed by atoms with Gasteiger partial charge in [0.1, 0.15) is 0 Å². The summed E-state index contributed by atoms with van der Waals surface area (Å²) in [5.74, 6) is 0.188. The van der Waals surface area contributed by atoms with Crippen LogP contribution in [0.15, 0.2) is 24.3 Å². The molecule has 0 saturated heterocycles. The summed E-state index contributed by atoms with van der Waals surface area (Å²) in [5.41, 5.74) is 2.37. The Morgan fingerprint density at radius 3 is 2.77 bits per heavy atom. The van der Waals surface area contributed by atoms with Crippen molar-refractivity contribution in [3.63, 3.8) is 0 Å². The molecule has 0 fully saturated rings. The molecule has 1 N–H and O–H groups in total. The van der Waals surface area contributed by atoms with E-state index >= 15 is 0 Å². The maximum atomic E-state index is 12.6. The summed E-state index contributed by atoms with van der Waals surface area (Å²) in [6.07, 6.45) is 2.05. The zero-order chi connectivity index (χ0) is 15.9. The first-order valence-corrected chi connectivity index (χ1v) is 8.52. The molecule has 1 aliphatic rings. The monoisotopic (exact) mass is 303 g/mol. The van der Waals surface area contributed by atoms with E-state index in [0.29, 0.717) is 0 Å². The molecule has 0 spiro atoms. The van der Waals surface area contributed by atoms with Gasteiger partial charge in [-0.25, -0.2) is 0 Å². The second kappa shape index (κ2) is 8.30. The lowest BCUT2D eigenvalue weighted by atomic mass is 10.2. The fourth-order valence-corrected chi connectivity index (χ4v) is 3.05. The number of anilines is 1. The van der Waals surface area contributed by atoms with Crippen molar-refractivity contribution in [3.05, 3.63) is 29.8 Å². The van der Waals surface area contributed by atoms with E-state index in [-0.39, 0.29) is 11.9 Å². The first-order chi connectivity index (χ1) is 10.7. The average Bonchev–Trinajstić information content (AvgIpc) is 2.98. The highest BCUT2D eigenvalue weighted by atomic mass is 16.2. The molecular formula is C18H29N3O. The van der Waals surface area contributed by atoms with Gasteiger partial charge in [-0.3, -0.25) is 4.79 Å². The second-order valence-electron chi connectivity index (χ2n) is 5.92. The molecule has 1 amide bonds. The van der Waals surface area contributed by atoms with Crippen LogP contribution in [0.5, 0.6) is 0 Å². The average molecular weight is 303 g/mol. The Morgan fingerprint density at radius 1 is 1.32 bits per heavy atom. The molecule has 1 atom stereocenters. The highest BCUT2D eigenvalue weighted by molar-refractivity contribution is 5.98. The van der Waals surface area contributed by atoms with E-state index in [4.69, 9.17) is 0 Å². The molecular weight excluding hydrogens is 274 g/mol. The van der Waals surface area contributed by atoms with Crippen LogP contribution >= 0.6 is 0 Å². The summed E-state index contributed by atoms with van der Waals surface area (Å²) in [7, 11) is 0. The van der Waals surface area contributed by atoms with Crippen molar-refractivity contribution in [2.24, 2.45) is 0 Å². The van der Waals surface area contributed by atoms with Crippen molar-refractivity contribution in [2.45, 2.75) is 39.7 Å². The van der Waals surface area contributed by atoms with Crippen LogP contribution in [0.1, 0.15) is 32.8 Å². The van der Waals surface area contributed by atoms with E-state index in [9.17, 15) is 4.79 Å². The maximum Gasteiger partial charge on any atom is 0.243 e. The fraction of sp³-hybridized carbons (Fsp3) is 0.611. The van der Waals surface area contributed by atoms with Crippen LogP contribution in [0.3, 0.4) is 0 Å². The summed E-state index contributed by atoms with van der Waals surface area (Å²) in [4.78, 5) is 16.9. The van der Waals surface area contributed by atoms with Gasteiger partial charge in [0.15, 0.2) is 0 Å². The number of carbonyl (C=O) groups excluding carboxylic acids is 1. The summed E-state index contributed by atoms with van der Waals surface area (Å²) < 4.78 is 0. The standard InChI is InChI=1S/C18H29N3O/c1-4-20(5-2)13-8-12-19-15(3)18(22)21-14-11-16-9-6-7-10-17(16)21/h6-7,9-10,15,19H,4-5,8,11-14H2,1-3H3/t15-/m1/s1. The molecule has 2 rings (SSSR count). The molecule has 1 aromatic rings. The molecule has 1 aromatic carbocycles. The lowest BCUT2D eigenvalue weighted by Gasteiger charge is -2.23. The van der Waals surface area contributed by atoms with Crippen molar-refractivity contribution in [3.8, 4) is 0 Å². The highest BCUT2D eigenvalue weighted by Crippen LogP contribution is 2.27. The van der Waals surface area contributed by atoms with Crippen LogP contribution in [0, 0.1) is 0 Å². The number of hydrogen-bond acceptors (Lipinski definition) is 3. The number of carbonyl (C=O) groups is 1. The normalized spacial score (nSPS) is 15.2. The van der Waals surface area contributed by atoms with E-state index in [1.54, 1.807) is 0 Å². The van der Waals surface area contributed by atoms with Crippen LogP contribution in [0.2, 0.25) is 0 Å². The summed E-state index contributed by atoms with van der Waals surface area (Å²) >= 11 is 0. The number of nitrogens with zero attached hydrogens (tertiary/aromatic N) is 2. The third-order valence-corrected chi connectivity index (χ3v) is 4.52. The molecule has 0 bridgehead atoms. The predicted molar refractivity (Wildman–Crippen MR) is 92.4 cm³/mol. The van der Waals surface area contributed by atoms with E-state index in [1.807, 2.05) is 30.0 Å². The number of rotatable bonds is 8. The Kier molecular flexibility index (Phi) is 6.40. The SMILES string of the molecule is CCN(CC)CCCN[C@H](C)C(=O)N1CCc2ccccc21. The molecule has 0 radical (unpaired) electrons. The van der Waals surface area contributed by atoms with Crippen LogP contribution in [0.4, 0.5) is 5.69 Å². The van der Waals surface area contributed by atoms with E-state index < -0.39 is 0 Å². The molecule has 0 aliphatic carbocycles. The van der Waals surface area contributed by atoms with Gasteiger partial charge in [0.25, 0.3) is 0 Å². The lowest BCUT2D eigenvalue weighted by molar-refractivity contribution is -0.120. The number of hydrogen-bond donors (Lipinski definition) is 1. The minimum atomic E-state index is -0.122. The molecule has 1 aliphatic heterocycles.